The number of nitrogens with one attached hydrogen (secondary N) is 1. The topological polar surface area (TPSA) is 59.9 Å². The second-order valence-corrected chi connectivity index (χ2v) is 7.18. The van der Waals surface area contributed by atoms with E-state index in [4.69, 9.17) is 4.99 Å². The fourth-order valence-electron chi connectivity index (χ4n) is 2.84. The van der Waals surface area contributed by atoms with Crippen LogP contribution in [-0.4, -0.2) is 67.6 Å². The van der Waals surface area contributed by atoms with Crippen molar-refractivity contribution >= 4 is 28.2 Å². The van der Waals surface area contributed by atoms with E-state index in [2.05, 4.69) is 43.5 Å². The van der Waals surface area contributed by atoms with E-state index in [1.54, 1.807) is 11.3 Å². The number of guanidine groups is 1. The number of anilines is 2. The van der Waals surface area contributed by atoms with Gasteiger partial charge in [-0.05, 0) is 19.1 Å². The molecule has 1 fully saturated rings. The van der Waals surface area contributed by atoms with Gasteiger partial charge < -0.3 is 20.0 Å². The number of aliphatic imine (C=N–C) groups is 1. The van der Waals surface area contributed by atoms with Gasteiger partial charge in [0, 0.05) is 58.4 Å². The molecule has 0 aliphatic carbocycles. The first-order valence-corrected chi connectivity index (χ1v) is 9.86. The summed E-state index contributed by atoms with van der Waals surface area (Å²) in [7, 11) is 4.02. The maximum atomic E-state index is 4.80. The van der Waals surface area contributed by atoms with Crippen molar-refractivity contribution in [2.45, 2.75) is 13.5 Å². The van der Waals surface area contributed by atoms with Crippen LogP contribution in [-0.2, 0) is 6.54 Å². The van der Waals surface area contributed by atoms with Crippen molar-refractivity contribution < 1.29 is 0 Å². The first-order valence-electron chi connectivity index (χ1n) is 8.98. The maximum absolute atomic E-state index is 4.80. The van der Waals surface area contributed by atoms with Crippen molar-refractivity contribution in [3.05, 3.63) is 35.5 Å². The molecule has 0 unspecified atom stereocenters. The molecule has 140 valence electrons. The summed E-state index contributed by atoms with van der Waals surface area (Å²) in [6, 6.07) is 6.06. The summed E-state index contributed by atoms with van der Waals surface area (Å²) in [6.45, 7) is 7.33. The lowest BCUT2D eigenvalue weighted by molar-refractivity contribution is 0.371. The Hall–Kier alpha value is -2.35. The van der Waals surface area contributed by atoms with Gasteiger partial charge in [-0.1, -0.05) is 6.07 Å². The van der Waals surface area contributed by atoms with Crippen LogP contribution >= 0.6 is 11.3 Å². The highest BCUT2D eigenvalue weighted by Gasteiger charge is 2.20. The zero-order chi connectivity index (χ0) is 18.4. The van der Waals surface area contributed by atoms with Crippen LogP contribution in [0.3, 0.4) is 0 Å². The Balaban J connectivity index is 1.61. The van der Waals surface area contributed by atoms with E-state index in [9.17, 15) is 0 Å². The number of pyridine rings is 1. The van der Waals surface area contributed by atoms with E-state index in [1.165, 1.54) is 0 Å². The first-order chi connectivity index (χ1) is 12.7. The molecule has 1 N–H and O–H groups in total. The van der Waals surface area contributed by atoms with E-state index < -0.39 is 0 Å². The Kier molecular flexibility index (Phi) is 6.27. The van der Waals surface area contributed by atoms with E-state index in [1.807, 2.05) is 37.3 Å². The van der Waals surface area contributed by atoms with Crippen molar-refractivity contribution in [2.24, 2.45) is 4.99 Å². The number of thiazole rings is 1. The fourth-order valence-corrected chi connectivity index (χ4v) is 3.59. The number of nitrogens with zero attached hydrogens (tertiary/aromatic N) is 6. The summed E-state index contributed by atoms with van der Waals surface area (Å²) >= 11 is 1.65. The van der Waals surface area contributed by atoms with E-state index in [0.29, 0.717) is 6.54 Å². The third-order valence-corrected chi connectivity index (χ3v) is 5.26. The van der Waals surface area contributed by atoms with Crippen LogP contribution in [0, 0.1) is 0 Å². The van der Waals surface area contributed by atoms with Gasteiger partial charge in [-0.2, -0.15) is 0 Å². The van der Waals surface area contributed by atoms with Gasteiger partial charge in [-0.3, -0.25) is 0 Å². The molecule has 0 amide bonds. The van der Waals surface area contributed by atoms with Crippen LogP contribution in [0.2, 0.25) is 0 Å². The molecule has 3 rings (SSSR count). The highest BCUT2D eigenvalue weighted by Crippen LogP contribution is 2.18. The van der Waals surface area contributed by atoms with Crippen molar-refractivity contribution in [3.8, 4) is 0 Å². The summed E-state index contributed by atoms with van der Waals surface area (Å²) in [5.41, 5.74) is 1.02. The second kappa shape index (κ2) is 8.84. The smallest absolute Gasteiger partial charge is 0.194 e. The van der Waals surface area contributed by atoms with Crippen LogP contribution in [0.25, 0.3) is 0 Å². The van der Waals surface area contributed by atoms with Crippen molar-refractivity contribution in [1.29, 1.82) is 0 Å². The van der Waals surface area contributed by atoms with Gasteiger partial charge in [0.05, 0.1) is 12.2 Å². The first kappa shape index (κ1) is 18.4. The standard InChI is InChI=1S/C18H27N7S/c1-4-19-17(21-13-15-14-26-18(22-15)23(2)3)25-11-9-24(10-12-25)16-7-5-6-8-20-16/h5-8,14H,4,9-13H2,1-3H3,(H,19,21). The average molecular weight is 374 g/mol. The molecule has 26 heavy (non-hydrogen) atoms. The Morgan fingerprint density at radius 3 is 2.69 bits per heavy atom. The summed E-state index contributed by atoms with van der Waals surface area (Å²) < 4.78 is 0. The molecule has 2 aromatic heterocycles. The lowest BCUT2D eigenvalue weighted by Crippen LogP contribution is -2.52. The molecule has 7 nitrogen and oxygen atoms in total. The molecular formula is C18H27N7S. The lowest BCUT2D eigenvalue weighted by atomic mass is 10.3. The molecule has 0 bridgehead atoms. The molecule has 0 atom stereocenters. The van der Waals surface area contributed by atoms with Crippen LogP contribution in [0.5, 0.6) is 0 Å². The highest BCUT2D eigenvalue weighted by atomic mass is 32.1. The molecular weight excluding hydrogens is 346 g/mol. The fraction of sp³-hybridized carbons (Fsp3) is 0.500. The van der Waals surface area contributed by atoms with Crippen LogP contribution in [0.15, 0.2) is 34.8 Å². The average Bonchev–Trinajstić information content (AvgIpc) is 3.15. The molecule has 1 aliphatic heterocycles. The van der Waals surface area contributed by atoms with Gasteiger partial charge in [-0.25, -0.2) is 15.0 Å². The molecule has 0 radical (unpaired) electrons. The van der Waals surface area contributed by atoms with Crippen molar-refractivity contribution in [2.75, 3.05) is 56.6 Å². The minimum absolute atomic E-state index is 0.604. The van der Waals surface area contributed by atoms with Crippen LogP contribution in [0.4, 0.5) is 10.9 Å². The zero-order valence-corrected chi connectivity index (χ0v) is 16.5. The molecule has 0 spiro atoms. The molecule has 1 aliphatic rings. The summed E-state index contributed by atoms with van der Waals surface area (Å²) in [5.74, 6) is 2.01. The Morgan fingerprint density at radius 1 is 1.27 bits per heavy atom. The minimum atomic E-state index is 0.604. The predicted octanol–water partition coefficient (Wildman–Crippen LogP) is 1.89. The van der Waals surface area contributed by atoms with Gasteiger partial charge in [0.1, 0.15) is 5.82 Å². The Labute approximate surface area is 159 Å². The monoisotopic (exact) mass is 373 g/mol. The number of hydrogen-bond acceptors (Lipinski definition) is 6. The van der Waals surface area contributed by atoms with E-state index in [0.717, 1.165) is 55.3 Å². The van der Waals surface area contributed by atoms with Crippen LogP contribution in [0.1, 0.15) is 12.6 Å². The molecule has 1 saturated heterocycles. The number of hydrogen-bond donors (Lipinski definition) is 1. The van der Waals surface area contributed by atoms with E-state index >= 15 is 0 Å². The number of aromatic nitrogens is 2. The van der Waals surface area contributed by atoms with Crippen LogP contribution < -0.4 is 15.1 Å². The largest absolute Gasteiger partial charge is 0.357 e. The SMILES string of the molecule is CCNC(=NCc1csc(N(C)C)n1)N1CCN(c2ccccn2)CC1. The Morgan fingerprint density at radius 2 is 2.08 bits per heavy atom. The molecule has 0 aromatic carbocycles. The summed E-state index contributed by atoms with van der Waals surface area (Å²) in [4.78, 5) is 20.5. The molecule has 8 heteroatoms. The summed E-state index contributed by atoms with van der Waals surface area (Å²) in [6.07, 6.45) is 1.85. The third kappa shape index (κ3) is 4.63. The number of piperazine rings is 1. The summed E-state index contributed by atoms with van der Waals surface area (Å²) in [5, 5.41) is 6.52. The van der Waals surface area contributed by atoms with Gasteiger partial charge in [-0.15, -0.1) is 11.3 Å². The minimum Gasteiger partial charge on any atom is -0.357 e. The van der Waals surface area contributed by atoms with Gasteiger partial charge in [0.2, 0.25) is 0 Å². The lowest BCUT2D eigenvalue weighted by Gasteiger charge is -2.37. The molecule has 2 aromatic rings. The van der Waals surface area contributed by atoms with Gasteiger partial charge >= 0.3 is 0 Å². The third-order valence-electron chi connectivity index (χ3n) is 4.20. The second-order valence-electron chi connectivity index (χ2n) is 6.35. The maximum Gasteiger partial charge on any atom is 0.194 e. The quantitative estimate of drug-likeness (QED) is 0.638. The predicted molar refractivity (Wildman–Crippen MR) is 109 cm³/mol. The van der Waals surface area contributed by atoms with Crippen molar-refractivity contribution in [1.82, 2.24) is 20.2 Å². The molecule has 0 saturated carbocycles. The van der Waals surface area contributed by atoms with Crippen molar-refractivity contribution in [3.63, 3.8) is 0 Å². The zero-order valence-electron chi connectivity index (χ0n) is 15.7. The molecule has 3 heterocycles. The Bertz CT molecular complexity index is 705. The van der Waals surface area contributed by atoms with E-state index in [-0.39, 0.29) is 0 Å². The van der Waals surface area contributed by atoms with Gasteiger partial charge in [0.15, 0.2) is 11.1 Å². The number of rotatable bonds is 5. The van der Waals surface area contributed by atoms with Gasteiger partial charge in [0.25, 0.3) is 0 Å². The highest BCUT2D eigenvalue weighted by molar-refractivity contribution is 7.13. The normalized spacial score (nSPS) is 15.3.